The minimum Gasteiger partial charge on any atom is -0.380 e. The monoisotopic (exact) mass is 419 g/mol. The van der Waals surface area contributed by atoms with Crippen molar-refractivity contribution < 1.29 is 11.3 Å². The van der Waals surface area contributed by atoms with Crippen molar-refractivity contribution in [3.05, 3.63) is 54.5 Å². The Kier molecular flexibility index (Phi) is 4.74. The standard InChI is InChI=1S/C19H21N5O2S2.2H2/c1-20-28(25,26)14-5-6-16(15(9-14)17-11-23(2)12-22-17)21-10-13-4-7-18-19(8-13)27-24(18)3;;/h4-9,11-12,20-21H,10H2,1-3H3;2*1H. The molecule has 0 radical (unpaired) electrons. The second-order valence-electron chi connectivity index (χ2n) is 6.58. The van der Waals surface area contributed by atoms with Crippen molar-refractivity contribution in [3.63, 3.8) is 0 Å². The summed E-state index contributed by atoms with van der Waals surface area (Å²) in [6.07, 6.45) is 3.57. The van der Waals surface area contributed by atoms with E-state index in [0.717, 1.165) is 11.3 Å². The molecule has 0 aliphatic heterocycles. The summed E-state index contributed by atoms with van der Waals surface area (Å²) in [5.74, 6) is 0. The first-order valence-corrected chi connectivity index (χ1v) is 11.0. The number of sulfonamides is 1. The third kappa shape index (κ3) is 3.44. The lowest BCUT2D eigenvalue weighted by Gasteiger charge is -2.14. The molecule has 0 atom stereocenters. The Labute approximate surface area is 170 Å². The molecule has 2 aromatic carbocycles. The summed E-state index contributed by atoms with van der Waals surface area (Å²) in [7, 11) is 1.80. The minimum absolute atomic E-state index is 0. The zero-order valence-corrected chi connectivity index (χ0v) is 17.4. The predicted octanol–water partition coefficient (Wildman–Crippen LogP) is 3.65. The molecule has 0 saturated carbocycles. The van der Waals surface area contributed by atoms with Gasteiger partial charge in [-0.3, -0.25) is 3.96 Å². The van der Waals surface area contributed by atoms with Gasteiger partial charge in [0.1, 0.15) is 0 Å². The number of imidazole rings is 1. The molecule has 0 aliphatic rings. The van der Waals surface area contributed by atoms with Crippen LogP contribution in [0.15, 0.2) is 53.8 Å². The van der Waals surface area contributed by atoms with E-state index in [0.29, 0.717) is 12.2 Å². The van der Waals surface area contributed by atoms with Crippen LogP contribution in [0.1, 0.15) is 8.42 Å². The molecule has 0 fully saturated rings. The highest BCUT2D eigenvalue weighted by molar-refractivity contribution is 7.89. The molecule has 0 spiro atoms. The van der Waals surface area contributed by atoms with Crippen LogP contribution in [0.4, 0.5) is 5.69 Å². The van der Waals surface area contributed by atoms with E-state index in [1.807, 2.05) is 24.9 Å². The minimum atomic E-state index is -3.53. The fraction of sp³-hybridized carbons (Fsp3) is 0.211. The zero-order chi connectivity index (χ0) is 19.9. The lowest BCUT2D eigenvalue weighted by Crippen LogP contribution is -2.18. The molecule has 4 rings (SSSR count). The fourth-order valence-electron chi connectivity index (χ4n) is 3.08. The molecule has 4 aromatic rings. The van der Waals surface area contributed by atoms with E-state index in [2.05, 4.69) is 37.2 Å². The maximum atomic E-state index is 12.2. The molecule has 2 heterocycles. The van der Waals surface area contributed by atoms with Crippen LogP contribution in [0.25, 0.3) is 21.5 Å². The van der Waals surface area contributed by atoms with Gasteiger partial charge in [0.2, 0.25) is 10.0 Å². The number of nitrogens with one attached hydrogen (secondary N) is 2. The van der Waals surface area contributed by atoms with Crippen molar-refractivity contribution in [3.8, 4) is 11.3 Å². The highest BCUT2D eigenvalue weighted by Crippen LogP contribution is 2.30. The van der Waals surface area contributed by atoms with Crippen LogP contribution in [0.3, 0.4) is 0 Å². The van der Waals surface area contributed by atoms with Crippen molar-refractivity contribution in [2.24, 2.45) is 14.1 Å². The van der Waals surface area contributed by atoms with E-state index in [-0.39, 0.29) is 7.75 Å². The lowest BCUT2D eigenvalue weighted by molar-refractivity contribution is 0.588. The van der Waals surface area contributed by atoms with Gasteiger partial charge in [0.25, 0.3) is 0 Å². The summed E-state index contributed by atoms with van der Waals surface area (Å²) in [5.41, 5.74) is 4.70. The molecule has 0 unspecified atom stereocenters. The summed E-state index contributed by atoms with van der Waals surface area (Å²) in [5, 5.41) is 3.43. The van der Waals surface area contributed by atoms with Gasteiger partial charge in [-0.2, -0.15) is 0 Å². The Morgan fingerprint density at radius 3 is 2.64 bits per heavy atom. The van der Waals surface area contributed by atoms with Gasteiger partial charge in [-0.15, -0.1) is 0 Å². The molecular formula is C19H25N5O2S2. The second-order valence-corrected chi connectivity index (χ2v) is 9.64. The number of hydrogen-bond donors (Lipinski definition) is 2. The van der Waals surface area contributed by atoms with E-state index in [1.54, 1.807) is 36.1 Å². The topological polar surface area (TPSA) is 81.0 Å². The van der Waals surface area contributed by atoms with Gasteiger partial charge < -0.3 is 9.88 Å². The third-order valence-electron chi connectivity index (χ3n) is 4.63. The van der Waals surface area contributed by atoms with E-state index < -0.39 is 10.0 Å². The average molecular weight is 420 g/mol. The maximum absolute atomic E-state index is 12.2. The zero-order valence-electron chi connectivity index (χ0n) is 15.8. The molecule has 9 heteroatoms. The highest BCUT2D eigenvalue weighted by Gasteiger charge is 2.16. The van der Waals surface area contributed by atoms with E-state index in [9.17, 15) is 8.42 Å². The molecule has 150 valence electrons. The molecule has 7 nitrogen and oxygen atoms in total. The first-order valence-electron chi connectivity index (χ1n) is 8.72. The summed E-state index contributed by atoms with van der Waals surface area (Å²) in [6, 6.07) is 11.4. The van der Waals surface area contributed by atoms with Crippen molar-refractivity contribution in [1.82, 2.24) is 18.2 Å². The summed E-state index contributed by atoms with van der Waals surface area (Å²) < 4.78 is 32.0. The van der Waals surface area contributed by atoms with E-state index in [1.165, 1.54) is 22.8 Å². The number of rotatable bonds is 6. The van der Waals surface area contributed by atoms with E-state index >= 15 is 0 Å². The Hall–Kier alpha value is -2.62. The molecule has 0 amide bonds. The number of fused-ring (bicyclic) bond motifs is 1. The fourth-order valence-corrected chi connectivity index (χ4v) is 4.76. The van der Waals surface area contributed by atoms with Crippen molar-refractivity contribution in [2.75, 3.05) is 12.4 Å². The first kappa shape index (κ1) is 18.7. The van der Waals surface area contributed by atoms with Gasteiger partial charge in [0.15, 0.2) is 0 Å². The van der Waals surface area contributed by atoms with Crippen molar-refractivity contribution in [1.29, 1.82) is 0 Å². The quantitative estimate of drug-likeness (QED) is 0.500. The third-order valence-corrected chi connectivity index (χ3v) is 7.04. The largest absolute Gasteiger partial charge is 0.380 e. The number of hydrogen-bond acceptors (Lipinski definition) is 5. The molecule has 0 saturated heterocycles. The van der Waals surface area contributed by atoms with Gasteiger partial charge in [0.05, 0.1) is 27.1 Å². The Balaban J connectivity index is 0.00000160. The van der Waals surface area contributed by atoms with Crippen LogP contribution in [0, 0.1) is 0 Å². The molecule has 0 aliphatic carbocycles. The maximum Gasteiger partial charge on any atom is 0.240 e. The summed E-state index contributed by atoms with van der Waals surface area (Å²) >= 11 is 1.72. The number of aryl methyl sites for hydroxylation is 2. The second kappa shape index (κ2) is 7.08. The summed E-state index contributed by atoms with van der Waals surface area (Å²) in [6.45, 7) is 0.634. The van der Waals surface area contributed by atoms with Crippen LogP contribution in [-0.2, 0) is 30.7 Å². The molecule has 28 heavy (non-hydrogen) atoms. The predicted molar refractivity (Wildman–Crippen MR) is 117 cm³/mol. The van der Waals surface area contributed by atoms with Gasteiger partial charge in [-0.25, -0.2) is 18.1 Å². The van der Waals surface area contributed by atoms with E-state index in [4.69, 9.17) is 0 Å². The van der Waals surface area contributed by atoms with Crippen LogP contribution in [0.5, 0.6) is 0 Å². The van der Waals surface area contributed by atoms with Crippen LogP contribution in [-0.4, -0.2) is 29.0 Å². The van der Waals surface area contributed by atoms with Gasteiger partial charge >= 0.3 is 0 Å². The molecule has 2 aromatic heterocycles. The average Bonchev–Trinajstić information content (AvgIpc) is 3.11. The van der Waals surface area contributed by atoms with Crippen molar-refractivity contribution >= 4 is 37.5 Å². The normalized spacial score (nSPS) is 12.0. The van der Waals surface area contributed by atoms with Crippen molar-refractivity contribution in [2.45, 2.75) is 11.4 Å². The Bertz CT molecular complexity index is 1260. The molecule has 0 bridgehead atoms. The number of benzene rings is 2. The van der Waals surface area contributed by atoms with Crippen LogP contribution < -0.4 is 10.0 Å². The molecular weight excluding hydrogens is 394 g/mol. The van der Waals surface area contributed by atoms with Crippen LogP contribution >= 0.6 is 11.5 Å². The van der Waals surface area contributed by atoms with Gasteiger partial charge in [-0.05, 0) is 42.9 Å². The number of nitrogens with zero attached hydrogens (tertiary/aromatic N) is 3. The van der Waals surface area contributed by atoms with Gasteiger partial charge in [-0.1, -0.05) is 17.6 Å². The highest BCUT2D eigenvalue weighted by atomic mass is 32.2. The first-order chi connectivity index (χ1) is 13.4. The van der Waals surface area contributed by atoms with Crippen LogP contribution in [0.2, 0.25) is 0 Å². The number of anilines is 1. The Morgan fingerprint density at radius 1 is 1.18 bits per heavy atom. The summed E-state index contributed by atoms with van der Waals surface area (Å²) in [4.78, 5) is 4.60. The molecule has 2 N–H and O–H groups in total. The Morgan fingerprint density at radius 2 is 2.00 bits per heavy atom. The number of aromatic nitrogens is 3. The SMILES string of the molecule is CNS(=O)(=O)c1ccc(NCc2ccc3c(c2)sn3C)c(-c2cn(C)cn2)c1.[HH].[HH]. The van der Waals surface area contributed by atoms with Gasteiger partial charge in [0, 0.05) is 40.9 Å². The smallest absolute Gasteiger partial charge is 0.240 e. The lowest BCUT2D eigenvalue weighted by atomic mass is 10.1.